The molecule has 2 rings (SSSR count). The van der Waals surface area contributed by atoms with Crippen LogP contribution in [0.3, 0.4) is 0 Å². The predicted octanol–water partition coefficient (Wildman–Crippen LogP) is 4.53. The van der Waals surface area contributed by atoms with Crippen molar-refractivity contribution in [1.82, 2.24) is 4.98 Å². The Hall–Kier alpha value is -1.15. The van der Waals surface area contributed by atoms with Gasteiger partial charge < -0.3 is 0 Å². The molecule has 0 spiro atoms. The quantitative estimate of drug-likeness (QED) is 0.764. The highest BCUT2D eigenvalue weighted by Gasteiger charge is 2.11. The standard InChI is InChI=1S/C14H15ClFN/c1-8(2)6-10-7-11(15)13-9(3)4-5-12(16)14(13)17-10/h4-5,7-8H,6H2,1-3H3. The molecule has 2 aromatic rings. The summed E-state index contributed by atoms with van der Waals surface area (Å²) in [5.74, 6) is 0.169. The van der Waals surface area contributed by atoms with E-state index in [-0.39, 0.29) is 5.82 Å². The summed E-state index contributed by atoms with van der Waals surface area (Å²) in [4.78, 5) is 4.38. The molecule has 1 aromatic carbocycles. The maximum atomic E-state index is 13.7. The van der Waals surface area contributed by atoms with Crippen LogP contribution in [0.4, 0.5) is 4.39 Å². The van der Waals surface area contributed by atoms with Crippen LogP contribution in [0.15, 0.2) is 18.2 Å². The zero-order valence-electron chi connectivity index (χ0n) is 10.2. The Morgan fingerprint density at radius 2 is 2.06 bits per heavy atom. The average molecular weight is 252 g/mol. The van der Waals surface area contributed by atoms with Gasteiger partial charge in [-0.15, -0.1) is 0 Å². The fraction of sp³-hybridized carbons (Fsp3) is 0.357. The molecule has 17 heavy (non-hydrogen) atoms. The SMILES string of the molecule is Cc1ccc(F)c2nc(CC(C)C)cc(Cl)c12. The molecule has 0 bridgehead atoms. The second-order valence-electron chi connectivity index (χ2n) is 4.78. The van der Waals surface area contributed by atoms with Crippen molar-refractivity contribution < 1.29 is 4.39 Å². The smallest absolute Gasteiger partial charge is 0.149 e. The largest absolute Gasteiger partial charge is 0.250 e. The van der Waals surface area contributed by atoms with E-state index >= 15 is 0 Å². The molecule has 90 valence electrons. The molecule has 0 unspecified atom stereocenters. The second-order valence-corrected chi connectivity index (χ2v) is 5.19. The highest BCUT2D eigenvalue weighted by Crippen LogP contribution is 2.28. The third kappa shape index (κ3) is 2.42. The molecule has 0 fully saturated rings. The Morgan fingerprint density at radius 1 is 1.35 bits per heavy atom. The lowest BCUT2D eigenvalue weighted by atomic mass is 10.0. The van der Waals surface area contributed by atoms with Gasteiger partial charge in [0.15, 0.2) is 0 Å². The van der Waals surface area contributed by atoms with Gasteiger partial charge >= 0.3 is 0 Å². The lowest BCUT2D eigenvalue weighted by Crippen LogP contribution is -1.99. The number of pyridine rings is 1. The Bertz CT molecular complexity index is 564. The van der Waals surface area contributed by atoms with Gasteiger partial charge in [-0.1, -0.05) is 31.5 Å². The monoisotopic (exact) mass is 251 g/mol. The van der Waals surface area contributed by atoms with Gasteiger partial charge in [-0.05, 0) is 37.0 Å². The van der Waals surface area contributed by atoms with Gasteiger partial charge in [-0.3, -0.25) is 0 Å². The molecule has 0 saturated heterocycles. The topological polar surface area (TPSA) is 12.9 Å². The van der Waals surface area contributed by atoms with Crippen molar-refractivity contribution in [3.05, 3.63) is 40.3 Å². The molecular formula is C14H15ClFN. The molecule has 0 N–H and O–H groups in total. The van der Waals surface area contributed by atoms with Crippen molar-refractivity contribution in [2.24, 2.45) is 5.92 Å². The van der Waals surface area contributed by atoms with E-state index in [0.29, 0.717) is 16.5 Å². The number of rotatable bonds is 2. The van der Waals surface area contributed by atoms with Gasteiger partial charge in [0.2, 0.25) is 0 Å². The zero-order valence-corrected chi connectivity index (χ0v) is 11.0. The lowest BCUT2D eigenvalue weighted by Gasteiger charge is -2.09. The number of aromatic nitrogens is 1. The average Bonchev–Trinajstić information content (AvgIpc) is 2.22. The van der Waals surface area contributed by atoms with Gasteiger partial charge in [0.1, 0.15) is 11.3 Å². The number of fused-ring (bicyclic) bond motifs is 1. The van der Waals surface area contributed by atoms with Gasteiger partial charge in [-0.2, -0.15) is 0 Å². The number of aryl methyl sites for hydroxylation is 1. The van der Waals surface area contributed by atoms with Crippen LogP contribution in [-0.2, 0) is 6.42 Å². The third-order valence-electron chi connectivity index (χ3n) is 2.74. The van der Waals surface area contributed by atoms with Crippen LogP contribution in [0.2, 0.25) is 5.02 Å². The fourth-order valence-corrected chi connectivity index (χ4v) is 2.36. The van der Waals surface area contributed by atoms with Crippen LogP contribution < -0.4 is 0 Å². The van der Waals surface area contributed by atoms with Crippen molar-refractivity contribution in [2.75, 3.05) is 0 Å². The van der Waals surface area contributed by atoms with E-state index in [1.807, 2.05) is 13.0 Å². The van der Waals surface area contributed by atoms with E-state index in [2.05, 4.69) is 18.8 Å². The molecule has 1 aromatic heterocycles. The van der Waals surface area contributed by atoms with Gasteiger partial charge in [0.05, 0.1) is 5.02 Å². The fourth-order valence-electron chi connectivity index (χ4n) is 1.99. The molecular weight excluding hydrogens is 237 g/mol. The summed E-state index contributed by atoms with van der Waals surface area (Å²) in [6.45, 7) is 6.12. The molecule has 0 aliphatic heterocycles. The first-order valence-corrected chi connectivity index (χ1v) is 6.11. The molecule has 1 nitrogen and oxygen atoms in total. The number of nitrogens with zero attached hydrogens (tertiary/aromatic N) is 1. The predicted molar refractivity (Wildman–Crippen MR) is 70.0 cm³/mol. The van der Waals surface area contributed by atoms with Crippen LogP contribution in [0.1, 0.15) is 25.1 Å². The summed E-state index contributed by atoms with van der Waals surface area (Å²) in [7, 11) is 0. The van der Waals surface area contributed by atoms with Crippen LogP contribution in [0, 0.1) is 18.7 Å². The molecule has 0 saturated carbocycles. The van der Waals surface area contributed by atoms with Gasteiger partial charge in [0, 0.05) is 11.1 Å². The summed E-state index contributed by atoms with van der Waals surface area (Å²) in [6.07, 6.45) is 0.809. The van der Waals surface area contributed by atoms with Crippen molar-refractivity contribution in [2.45, 2.75) is 27.2 Å². The van der Waals surface area contributed by atoms with Crippen LogP contribution >= 0.6 is 11.6 Å². The molecule has 0 aliphatic carbocycles. The summed E-state index contributed by atoms with van der Waals surface area (Å²) >= 11 is 6.22. The number of benzene rings is 1. The van der Waals surface area contributed by atoms with Crippen molar-refractivity contribution >= 4 is 22.5 Å². The Morgan fingerprint density at radius 3 is 2.71 bits per heavy atom. The van der Waals surface area contributed by atoms with Crippen molar-refractivity contribution in [1.29, 1.82) is 0 Å². The Labute approximate surface area is 106 Å². The molecule has 3 heteroatoms. The van der Waals surface area contributed by atoms with E-state index < -0.39 is 0 Å². The highest BCUT2D eigenvalue weighted by molar-refractivity contribution is 6.35. The molecule has 1 heterocycles. The van der Waals surface area contributed by atoms with E-state index in [0.717, 1.165) is 23.1 Å². The Balaban J connectivity index is 2.68. The minimum absolute atomic E-state index is 0.307. The minimum Gasteiger partial charge on any atom is -0.250 e. The Kier molecular flexibility index (Phi) is 3.34. The van der Waals surface area contributed by atoms with Crippen molar-refractivity contribution in [3.8, 4) is 0 Å². The highest BCUT2D eigenvalue weighted by atomic mass is 35.5. The van der Waals surface area contributed by atoms with E-state index in [9.17, 15) is 4.39 Å². The summed E-state index contributed by atoms with van der Waals surface area (Å²) in [6, 6.07) is 5.02. The first-order chi connectivity index (χ1) is 7.99. The summed E-state index contributed by atoms with van der Waals surface area (Å²) < 4.78 is 13.7. The van der Waals surface area contributed by atoms with E-state index in [1.165, 1.54) is 6.07 Å². The first kappa shape index (κ1) is 12.3. The lowest BCUT2D eigenvalue weighted by molar-refractivity contribution is 0.625. The first-order valence-electron chi connectivity index (χ1n) is 5.73. The normalized spacial score (nSPS) is 11.4. The van der Waals surface area contributed by atoms with Crippen molar-refractivity contribution in [3.63, 3.8) is 0 Å². The van der Waals surface area contributed by atoms with E-state index in [1.54, 1.807) is 6.07 Å². The van der Waals surface area contributed by atoms with Crippen LogP contribution in [0.5, 0.6) is 0 Å². The maximum Gasteiger partial charge on any atom is 0.149 e. The third-order valence-corrected chi connectivity index (χ3v) is 3.04. The van der Waals surface area contributed by atoms with Gasteiger partial charge in [-0.25, -0.2) is 9.37 Å². The maximum absolute atomic E-state index is 13.7. The van der Waals surface area contributed by atoms with Crippen LogP contribution in [-0.4, -0.2) is 4.98 Å². The molecule has 0 amide bonds. The number of hydrogen-bond acceptors (Lipinski definition) is 1. The van der Waals surface area contributed by atoms with E-state index in [4.69, 9.17) is 11.6 Å². The summed E-state index contributed by atoms with van der Waals surface area (Å²) in [5.41, 5.74) is 2.19. The number of hydrogen-bond donors (Lipinski definition) is 0. The zero-order chi connectivity index (χ0) is 12.6. The molecule has 0 radical (unpaired) electrons. The van der Waals surface area contributed by atoms with Gasteiger partial charge in [0.25, 0.3) is 0 Å². The molecule has 0 atom stereocenters. The minimum atomic E-state index is -0.307. The molecule has 0 aliphatic rings. The number of halogens is 2. The summed E-state index contributed by atoms with van der Waals surface area (Å²) in [5, 5.41) is 1.31. The van der Waals surface area contributed by atoms with Crippen LogP contribution in [0.25, 0.3) is 10.9 Å². The second kappa shape index (κ2) is 4.61.